The van der Waals surface area contributed by atoms with E-state index in [9.17, 15) is 13.6 Å². The molecule has 0 amide bonds. The highest BCUT2D eigenvalue weighted by molar-refractivity contribution is 5.64. The molecule has 0 saturated carbocycles. The molecule has 92 valence electrons. The molecule has 0 aliphatic rings. The van der Waals surface area contributed by atoms with Gasteiger partial charge in [0, 0.05) is 12.5 Å². The van der Waals surface area contributed by atoms with Gasteiger partial charge in [0.25, 0.3) is 0 Å². The van der Waals surface area contributed by atoms with Gasteiger partial charge < -0.3 is 4.79 Å². The first kappa shape index (κ1) is 12.4. The fourth-order valence-electron chi connectivity index (χ4n) is 1.81. The summed E-state index contributed by atoms with van der Waals surface area (Å²) < 4.78 is 26.2. The van der Waals surface area contributed by atoms with Crippen molar-refractivity contribution in [2.75, 3.05) is 0 Å². The third-order valence-corrected chi connectivity index (χ3v) is 2.70. The van der Waals surface area contributed by atoms with E-state index >= 15 is 0 Å². The number of aldehydes is 1. The fourth-order valence-corrected chi connectivity index (χ4v) is 1.81. The maximum atomic E-state index is 13.1. The van der Waals surface area contributed by atoms with Gasteiger partial charge in [-0.05, 0) is 35.2 Å². The molecule has 2 aromatic carbocycles. The van der Waals surface area contributed by atoms with E-state index in [-0.39, 0.29) is 0 Å². The quantitative estimate of drug-likeness (QED) is 0.750. The van der Waals surface area contributed by atoms with Crippen LogP contribution in [0.2, 0.25) is 0 Å². The first-order chi connectivity index (χ1) is 8.69. The Morgan fingerprint density at radius 1 is 0.889 bits per heavy atom. The van der Waals surface area contributed by atoms with Crippen LogP contribution < -0.4 is 0 Å². The number of hydrogen-bond acceptors (Lipinski definition) is 1. The second kappa shape index (κ2) is 5.54. The zero-order valence-corrected chi connectivity index (χ0v) is 9.70. The van der Waals surface area contributed by atoms with E-state index in [1.165, 1.54) is 12.1 Å². The van der Waals surface area contributed by atoms with E-state index in [0.29, 0.717) is 18.4 Å². The summed E-state index contributed by atoms with van der Waals surface area (Å²) in [5, 5.41) is 0. The topological polar surface area (TPSA) is 17.1 Å². The zero-order valence-electron chi connectivity index (χ0n) is 9.70. The number of rotatable bonds is 4. The molecule has 3 heteroatoms. The summed E-state index contributed by atoms with van der Waals surface area (Å²) in [7, 11) is 0. The lowest BCUT2D eigenvalue weighted by Gasteiger charge is -2.04. The molecule has 0 bridgehead atoms. The van der Waals surface area contributed by atoms with E-state index in [1.807, 2.05) is 12.1 Å². The maximum absolute atomic E-state index is 13.1. The smallest absolute Gasteiger partial charge is 0.126 e. The molecular weight excluding hydrogens is 234 g/mol. The summed E-state index contributed by atoms with van der Waals surface area (Å²) in [6.45, 7) is 0. The van der Waals surface area contributed by atoms with Crippen molar-refractivity contribution < 1.29 is 13.6 Å². The summed E-state index contributed by atoms with van der Waals surface area (Å²) in [5.41, 5.74) is 2.29. The lowest BCUT2D eigenvalue weighted by atomic mass is 10.0. The lowest BCUT2D eigenvalue weighted by Crippen LogP contribution is -1.87. The number of halogens is 2. The Morgan fingerprint density at radius 2 is 1.50 bits per heavy atom. The minimum absolute atomic E-state index is 0.480. The van der Waals surface area contributed by atoms with Gasteiger partial charge in [-0.1, -0.05) is 24.3 Å². The minimum Gasteiger partial charge on any atom is -0.303 e. The zero-order chi connectivity index (χ0) is 13.0. The van der Waals surface area contributed by atoms with Gasteiger partial charge in [0.05, 0.1) is 0 Å². The third-order valence-electron chi connectivity index (χ3n) is 2.70. The molecule has 0 spiro atoms. The van der Waals surface area contributed by atoms with Crippen LogP contribution in [0.3, 0.4) is 0 Å². The number of hydrogen-bond donors (Lipinski definition) is 0. The Kier molecular flexibility index (Phi) is 3.82. The second-order valence-corrected chi connectivity index (χ2v) is 4.06. The average Bonchev–Trinajstić information content (AvgIpc) is 2.36. The van der Waals surface area contributed by atoms with Crippen LogP contribution in [-0.2, 0) is 11.2 Å². The van der Waals surface area contributed by atoms with Crippen LogP contribution in [0.25, 0.3) is 11.1 Å². The average molecular weight is 246 g/mol. The molecule has 0 aliphatic carbocycles. The van der Waals surface area contributed by atoms with Crippen LogP contribution in [0, 0.1) is 11.6 Å². The molecule has 0 heterocycles. The molecule has 1 nitrogen and oxygen atoms in total. The Balaban J connectivity index is 2.25. The van der Waals surface area contributed by atoms with E-state index in [1.54, 1.807) is 12.1 Å². The monoisotopic (exact) mass is 246 g/mol. The summed E-state index contributed by atoms with van der Waals surface area (Å²) in [6.07, 6.45) is 2.03. The molecule has 2 rings (SSSR count). The van der Waals surface area contributed by atoms with Crippen LogP contribution in [-0.4, -0.2) is 6.29 Å². The predicted molar refractivity (Wildman–Crippen MR) is 66.2 cm³/mol. The normalized spacial score (nSPS) is 10.3. The van der Waals surface area contributed by atoms with Gasteiger partial charge in [-0.2, -0.15) is 0 Å². The Bertz CT molecular complexity index is 527. The van der Waals surface area contributed by atoms with Crippen molar-refractivity contribution in [3.05, 3.63) is 59.7 Å². The molecule has 0 aliphatic heterocycles. The van der Waals surface area contributed by atoms with Gasteiger partial charge in [-0.3, -0.25) is 0 Å². The van der Waals surface area contributed by atoms with Crippen molar-refractivity contribution in [1.82, 2.24) is 0 Å². The Labute approximate surface area is 104 Å². The van der Waals surface area contributed by atoms with Crippen molar-refractivity contribution in [1.29, 1.82) is 0 Å². The van der Waals surface area contributed by atoms with Crippen LogP contribution in [0.4, 0.5) is 8.78 Å². The number of carbonyl (C=O) groups excluding carboxylic acids is 1. The largest absolute Gasteiger partial charge is 0.303 e. The van der Waals surface area contributed by atoms with E-state index < -0.39 is 11.6 Å². The van der Waals surface area contributed by atoms with E-state index in [0.717, 1.165) is 23.5 Å². The molecule has 0 unspecified atom stereocenters. The van der Waals surface area contributed by atoms with Crippen LogP contribution >= 0.6 is 0 Å². The van der Waals surface area contributed by atoms with Gasteiger partial charge in [0.15, 0.2) is 0 Å². The van der Waals surface area contributed by atoms with Gasteiger partial charge in [-0.25, -0.2) is 8.78 Å². The highest BCUT2D eigenvalue weighted by Gasteiger charge is 2.03. The summed E-state index contributed by atoms with van der Waals surface area (Å²) >= 11 is 0. The van der Waals surface area contributed by atoms with Crippen LogP contribution in [0.5, 0.6) is 0 Å². The first-order valence-electron chi connectivity index (χ1n) is 5.68. The van der Waals surface area contributed by atoms with Gasteiger partial charge in [0.2, 0.25) is 0 Å². The molecule has 0 fully saturated rings. The summed E-state index contributed by atoms with van der Waals surface area (Å²) in [4.78, 5) is 10.3. The molecule has 0 atom stereocenters. The second-order valence-electron chi connectivity index (χ2n) is 4.06. The van der Waals surface area contributed by atoms with Crippen molar-refractivity contribution in [3.63, 3.8) is 0 Å². The van der Waals surface area contributed by atoms with E-state index in [2.05, 4.69) is 0 Å². The Morgan fingerprint density at radius 3 is 2.06 bits per heavy atom. The first-order valence-corrected chi connectivity index (χ1v) is 5.68. The third kappa shape index (κ3) is 3.00. The highest BCUT2D eigenvalue weighted by Crippen LogP contribution is 2.22. The van der Waals surface area contributed by atoms with Crippen molar-refractivity contribution in [3.8, 4) is 11.1 Å². The standard InChI is InChI=1S/C15H12F2O/c16-14-8-13(9-15(17)10-14)12-5-3-11(4-6-12)2-1-7-18/h3-10H,1-2H2. The van der Waals surface area contributed by atoms with Crippen LogP contribution in [0.15, 0.2) is 42.5 Å². The van der Waals surface area contributed by atoms with Crippen molar-refractivity contribution in [2.24, 2.45) is 0 Å². The molecule has 2 aromatic rings. The van der Waals surface area contributed by atoms with E-state index in [4.69, 9.17) is 0 Å². The van der Waals surface area contributed by atoms with Crippen molar-refractivity contribution in [2.45, 2.75) is 12.8 Å². The predicted octanol–water partition coefficient (Wildman–Crippen LogP) is 3.76. The number of carbonyl (C=O) groups is 1. The van der Waals surface area contributed by atoms with Crippen LogP contribution in [0.1, 0.15) is 12.0 Å². The number of benzene rings is 2. The fraction of sp³-hybridized carbons (Fsp3) is 0.133. The highest BCUT2D eigenvalue weighted by atomic mass is 19.1. The maximum Gasteiger partial charge on any atom is 0.126 e. The molecule has 0 aromatic heterocycles. The van der Waals surface area contributed by atoms with Gasteiger partial charge in [-0.15, -0.1) is 0 Å². The summed E-state index contributed by atoms with van der Waals surface area (Å²) in [6, 6.07) is 10.8. The SMILES string of the molecule is O=CCCc1ccc(-c2cc(F)cc(F)c2)cc1. The molecule has 0 saturated heterocycles. The van der Waals surface area contributed by atoms with Crippen molar-refractivity contribution >= 4 is 6.29 Å². The summed E-state index contributed by atoms with van der Waals surface area (Å²) in [5.74, 6) is -1.18. The molecule has 18 heavy (non-hydrogen) atoms. The van der Waals surface area contributed by atoms with Gasteiger partial charge >= 0.3 is 0 Å². The lowest BCUT2D eigenvalue weighted by molar-refractivity contribution is -0.107. The van der Waals surface area contributed by atoms with Gasteiger partial charge in [0.1, 0.15) is 17.9 Å². The molecule has 0 N–H and O–H groups in total. The minimum atomic E-state index is -0.588. The molecular formula is C15H12F2O. The number of aryl methyl sites for hydroxylation is 1. The molecule has 0 radical (unpaired) electrons. The Hall–Kier alpha value is -2.03.